The molecular formula is C28H29N5. The Morgan fingerprint density at radius 3 is 2.06 bits per heavy atom. The van der Waals surface area contributed by atoms with Gasteiger partial charge in [0.1, 0.15) is 11.0 Å². The Morgan fingerprint density at radius 2 is 1.45 bits per heavy atom. The van der Waals surface area contributed by atoms with Crippen LogP contribution in [0.15, 0.2) is 78.9 Å². The first-order chi connectivity index (χ1) is 16.1. The number of hydrogen-bond acceptors (Lipinski definition) is 4. The fourth-order valence-electron chi connectivity index (χ4n) is 4.51. The van der Waals surface area contributed by atoms with Crippen molar-refractivity contribution in [3.8, 4) is 0 Å². The van der Waals surface area contributed by atoms with E-state index in [1.54, 1.807) is 0 Å². The highest BCUT2D eigenvalue weighted by atomic mass is 15.2. The molecule has 5 aromatic rings. The van der Waals surface area contributed by atoms with Crippen molar-refractivity contribution in [2.45, 2.75) is 33.4 Å². The van der Waals surface area contributed by atoms with E-state index in [0.717, 1.165) is 47.3 Å². The van der Waals surface area contributed by atoms with Gasteiger partial charge in [0, 0.05) is 18.5 Å². The van der Waals surface area contributed by atoms with Gasteiger partial charge in [0.2, 0.25) is 0 Å². The highest BCUT2D eigenvalue weighted by Crippen LogP contribution is 2.34. The quantitative estimate of drug-likeness (QED) is 0.324. The Labute approximate surface area is 194 Å². The van der Waals surface area contributed by atoms with Crippen LogP contribution in [-0.4, -0.2) is 15.0 Å². The summed E-state index contributed by atoms with van der Waals surface area (Å²) in [6.07, 6.45) is 0.970. The van der Waals surface area contributed by atoms with Crippen molar-refractivity contribution in [1.29, 1.82) is 0 Å². The number of benzene rings is 3. The van der Waals surface area contributed by atoms with Gasteiger partial charge in [-0.25, -0.2) is 9.97 Å². The molecule has 5 heteroatoms. The molecule has 3 aromatic carbocycles. The molecule has 0 atom stereocenters. The topological polar surface area (TPSA) is 70.8 Å². The molecule has 33 heavy (non-hydrogen) atoms. The zero-order valence-electron chi connectivity index (χ0n) is 19.1. The molecule has 3 N–H and O–H groups in total. The summed E-state index contributed by atoms with van der Waals surface area (Å²) in [6.45, 7) is 5.93. The molecule has 0 radical (unpaired) electrons. The molecule has 0 unspecified atom stereocenters. The second-order valence-electron chi connectivity index (χ2n) is 9.02. The van der Waals surface area contributed by atoms with Gasteiger partial charge in [0.05, 0.1) is 5.52 Å². The summed E-state index contributed by atoms with van der Waals surface area (Å²) >= 11 is 0. The zero-order valence-corrected chi connectivity index (χ0v) is 19.1. The largest absolute Gasteiger partial charge is 0.369 e. The average Bonchev–Trinajstić information content (AvgIpc) is 3.20. The molecular weight excluding hydrogens is 406 g/mol. The van der Waals surface area contributed by atoms with E-state index in [0.29, 0.717) is 11.9 Å². The highest BCUT2D eigenvalue weighted by Gasteiger charge is 2.20. The molecule has 0 amide bonds. The van der Waals surface area contributed by atoms with Crippen LogP contribution < -0.4 is 10.6 Å². The van der Waals surface area contributed by atoms with Crippen molar-refractivity contribution in [3.05, 3.63) is 95.6 Å². The Hall–Kier alpha value is -3.86. The molecule has 0 saturated carbocycles. The van der Waals surface area contributed by atoms with E-state index in [1.165, 1.54) is 16.7 Å². The van der Waals surface area contributed by atoms with Crippen molar-refractivity contribution in [2.75, 3.05) is 10.6 Å². The number of nitrogens with zero attached hydrogens (tertiary/aromatic N) is 3. The molecule has 0 aliphatic rings. The molecule has 166 valence electrons. The lowest BCUT2D eigenvalue weighted by Gasteiger charge is -2.25. The molecule has 0 bridgehead atoms. The number of anilines is 2. The number of imidazole rings is 1. The monoisotopic (exact) mass is 435 g/mol. The van der Waals surface area contributed by atoms with Gasteiger partial charge in [-0.3, -0.25) is 0 Å². The molecule has 5 nitrogen and oxygen atoms in total. The lowest BCUT2D eigenvalue weighted by Crippen LogP contribution is -2.23. The summed E-state index contributed by atoms with van der Waals surface area (Å²) in [7, 11) is 0. The molecule has 0 saturated heterocycles. The van der Waals surface area contributed by atoms with Crippen LogP contribution in [0.3, 0.4) is 0 Å². The van der Waals surface area contributed by atoms with Crippen LogP contribution in [0.5, 0.6) is 0 Å². The molecule has 2 heterocycles. The maximum absolute atomic E-state index is 6.19. The predicted molar refractivity (Wildman–Crippen MR) is 137 cm³/mol. The SMILES string of the molecule is CC(C)Cc1cccc2nc(N(Cc3ccccc3)Cc3ccccc3)c3[nH]c(N)nc3c12. The van der Waals surface area contributed by atoms with E-state index in [9.17, 15) is 0 Å². The number of fused-ring (bicyclic) bond motifs is 3. The number of H-pyrrole nitrogens is 1. The number of nitrogen functional groups attached to an aromatic ring is 1. The second kappa shape index (κ2) is 8.94. The number of rotatable bonds is 7. The third kappa shape index (κ3) is 4.40. The molecule has 5 rings (SSSR count). The standard InChI is InChI=1S/C28H29N5/c1-19(2)16-22-14-9-15-23-24(22)25-26(32-28(29)31-25)27(30-23)33(17-20-10-5-3-6-11-20)18-21-12-7-4-8-13-21/h3-15,19H,16-18H2,1-2H3,(H3,29,31,32). The highest BCUT2D eigenvalue weighted by molar-refractivity contribution is 6.08. The Bertz CT molecular complexity index is 1330. The minimum atomic E-state index is 0.416. The minimum Gasteiger partial charge on any atom is -0.369 e. The summed E-state index contributed by atoms with van der Waals surface area (Å²) in [5.41, 5.74) is 12.6. The van der Waals surface area contributed by atoms with Crippen LogP contribution in [0.2, 0.25) is 0 Å². The van der Waals surface area contributed by atoms with Crippen LogP contribution >= 0.6 is 0 Å². The lowest BCUT2D eigenvalue weighted by molar-refractivity contribution is 0.650. The number of hydrogen-bond donors (Lipinski definition) is 2. The number of nitrogens with two attached hydrogens (primary N) is 1. The number of aromatic amines is 1. The normalized spacial score (nSPS) is 11.5. The van der Waals surface area contributed by atoms with Gasteiger partial charge in [-0.1, -0.05) is 86.6 Å². The van der Waals surface area contributed by atoms with Crippen molar-refractivity contribution >= 4 is 33.7 Å². The number of pyridine rings is 1. The van der Waals surface area contributed by atoms with E-state index in [1.807, 2.05) is 12.1 Å². The summed E-state index contributed by atoms with van der Waals surface area (Å²) in [5.74, 6) is 1.82. The molecule has 0 fully saturated rings. The number of aromatic nitrogens is 3. The van der Waals surface area contributed by atoms with Gasteiger partial charge in [-0.2, -0.15) is 0 Å². The summed E-state index contributed by atoms with van der Waals surface area (Å²) < 4.78 is 0. The zero-order chi connectivity index (χ0) is 22.8. The number of nitrogens with one attached hydrogen (secondary N) is 1. The van der Waals surface area contributed by atoms with Crippen LogP contribution in [-0.2, 0) is 19.5 Å². The van der Waals surface area contributed by atoms with Gasteiger partial charge >= 0.3 is 0 Å². The van der Waals surface area contributed by atoms with Crippen LogP contribution in [0, 0.1) is 5.92 Å². The second-order valence-corrected chi connectivity index (χ2v) is 9.02. The molecule has 0 spiro atoms. The Balaban J connectivity index is 1.70. The van der Waals surface area contributed by atoms with Gasteiger partial charge < -0.3 is 15.6 Å². The first kappa shape index (κ1) is 21.0. The third-order valence-corrected chi connectivity index (χ3v) is 5.90. The Kier molecular flexibility index (Phi) is 5.69. The van der Waals surface area contributed by atoms with E-state index in [2.05, 4.69) is 90.5 Å². The van der Waals surface area contributed by atoms with Crippen LogP contribution in [0.1, 0.15) is 30.5 Å². The Morgan fingerprint density at radius 1 is 0.818 bits per heavy atom. The van der Waals surface area contributed by atoms with E-state index < -0.39 is 0 Å². The summed E-state index contributed by atoms with van der Waals surface area (Å²) in [6, 6.07) is 27.3. The third-order valence-electron chi connectivity index (χ3n) is 5.90. The van der Waals surface area contributed by atoms with Gasteiger partial charge in [0.25, 0.3) is 0 Å². The first-order valence-electron chi connectivity index (χ1n) is 11.5. The van der Waals surface area contributed by atoms with E-state index in [-0.39, 0.29) is 0 Å². The minimum absolute atomic E-state index is 0.416. The van der Waals surface area contributed by atoms with Crippen LogP contribution in [0.25, 0.3) is 21.9 Å². The van der Waals surface area contributed by atoms with Crippen molar-refractivity contribution < 1.29 is 0 Å². The summed E-state index contributed by atoms with van der Waals surface area (Å²) in [5, 5.41) is 1.09. The van der Waals surface area contributed by atoms with Crippen LogP contribution in [0.4, 0.5) is 11.8 Å². The lowest BCUT2D eigenvalue weighted by atomic mass is 9.98. The predicted octanol–water partition coefficient (Wildman–Crippen LogP) is 6.10. The van der Waals surface area contributed by atoms with Crippen molar-refractivity contribution in [3.63, 3.8) is 0 Å². The molecule has 0 aliphatic heterocycles. The molecule has 2 aromatic heterocycles. The molecule has 0 aliphatic carbocycles. The average molecular weight is 436 g/mol. The maximum Gasteiger partial charge on any atom is 0.198 e. The first-order valence-corrected chi connectivity index (χ1v) is 11.5. The fourth-order valence-corrected chi connectivity index (χ4v) is 4.51. The van der Waals surface area contributed by atoms with E-state index in [4.69, 9.17) is 15.7 Å². The van der Waals surface area contributed by atoms with Gasteiger partial charge in [-0.05, 0) is 35.1 Å². The maximum atomic E-state index is 6.19. The van der Waals surface area contributed by atoms with Crippen molar-refractivity contribution in [2.24, 2.45) is 5.92 Å². The van der Waals surface area contributed by atoms with Gasteiger partial charge in [0.15, 0.2) is 11.8 Å². The fraction of sp³-hybridized carbons (Fsp3) is 0.214. The van der Waals surface area contributed by atoms with Crippen molar-refractivity contribution in [1.82, 2.24) is 15.0 Å². The van der Waals surface area contributed by atoms with Gasteiger partial charge in [-0.15, -0.1) is 0 Å². The van der Waals surface area contributed by atoms with E-state index >= 15 is 0 Å². The summed E-state index contributed by atoms with van der Waals surface area (Å²) in [4.78, 5) is 15.5. The smallest absolute Gasteiger partial charge is 0.198 e.